The third kappa shape index (κ3) is 7.65. The number of pyridine rings is 1. The van der Waals surface area contributed by atoms with Gasteiger partial charge in [0.2, 0.25) is 11.9 Å². The number of unbranched alkanes of at least 4 members (excludes halogenated alkanes) is 5. The Balaban J connectivity index is 1.40. The maximum atomic E-state index is 13.6. The van der Waals surface area contributed by atoms with Gasteiger partial charge in [-0.05, 0) is 67.9 Å². The van der Waals surface area contributed by atoms with E-state index in [9.17, 15) is 8.78 Å². The summed E-state index contributed by atoms with van der Waals surface area (Å²) in [5.74, 6) is 6.08. The zero-order chi connectivity index (χ0) is 21.9. The molecule has 1 aliphatic carbocycles. The van der Waals surface area contributed by atoms with Crippen molar-refractivity contribution in [2.75, 3.05) is 6.61 Å². The molecule has 0 aliphatic heterocycles. The normalized spacial score (nSPS) is 18.3. The van der Waals surface area contributed by atoms with Crippen LogP contribution in [0.15, 0.2) is 36.4 Å². The first kappa shape index (κ1) is 23.3. The zero-order valence-corrected chi connectivity index (χ0v) is 18.5. The highest BCUT2D eigenvalue weighted by Crippen LogP contribution is 2.36. The number of ether oxygens (including phenoxy) is 1. The molecule has 3 rings (SSSR count). The molecule has 1 aliphatic rings. The van der Waals surface area contributed by atoms with Gasteiger partial charge >= 0.3 is 0 Å². The number of nitrogens with zero attached hydrogens (tertiary/aromatic N) is 1. The van der Waals surface area contributed by atoms with Gasteiger partial charge in [0.05, 0.1) is 12.2 Å². The van der Waals surface area contributed by atoms with Crippen LogP contribution in [-0.4, -0.2) is 11.6 Å². The summed E-state index contributed by atoms with van der Waals surface area (Å²) in [6.07, 6.45) is 11.7. The van der Waals surface area contributed by atoms with Crippen molar-refractivity contribution >= 4 is 0 Å². The predicted molar refractivity (Wildman–Crippen MR) is 121 cm³/mol. The van der Waals surface area contributed by atoms with E-state index < -0.39 is 11.9 Å². The van der Waals surface area contributed by atoms with Gasteiger partial charge in [-0.25, -0.2) is 0 Å². The van der Waals surface area contributed by atoms with Gasteiger partial charge in [0.1, 0.15) is 5.75 Å². The summed E-state index contributed by atoms with van der Waals surface area (Å²) in [6.45, 7) is 3.03. The van der Waals surface area contributed by atoms with Gasteiger partial charge in [-0.1, -0.05) is 63.0 Å². The summed E-state index contributed by atoms with van der Waals surface area (Å²) >= 11 is 0. The molecule has 0 radical (unpaired) electrons. The highest BCUT2D eigenvalue weighted by atomic mass is 19.1. The number of hydrogen-bond acceptors (Lipinski definition) is 2. The lowest BCUT2D eigenvalue weighted by Crippen LogP contribution is -2.12. The molecule has 2 nitrogen and oxygen atoms in total. The molecule has 1 heterocycles. The van der Waals surface area contributed by atoms with Crippen molar-refractivity contribution in [3.05, 3.63) is 59.4 Å². The maximum Gasteiger partial charge on any atom is 0.231 e. The van der Waals surface area contributed by atoms with E-state index in [2.05, 4.69) is 48.0 Å². The Labute approximate surface area is 185 Å². The Morgan fingerprint density at radius 1 is 0.903 bits per heavy atom. The molecule has 2 aromatic rings. The molecule has 0 unspecified atom stereocenters. The van der Waals surface area contributed by atoms with E-state index in [1.807, 2.05) is 0 Å². The maximum absolute atomic E-state index is 13.6. The van der Waals surface area contributed by atoms with E-state index in [0.29, 0.717) is 5.92 Å². The molecule has 0 amide bonds. The fourth-order valence-electron chi connectivity index (χ4n) is 4.16. The minimum Gasteiger partial charge on any atom is -0.494 e. The van der Waals surface area contributed by atoms with E-state index >= 15 is 0 Å². The second kappa shape index (κ2) is 12.4. The van der Waals surface area contributed by atoms with E-state index in [0.717, 1.165) is 50.5 Å². The Kier molecular flexibility index (Phi) is 9.34. The molecule has 1 fully saturated rings. The second-order valence-corrected chi connectivity index (χ2v) is 8.48. The summed E-state index contributed by atoms with van der Waals surface area (Å²) in [5.41, 5.74) is 1.52. The lowest BCUT2D eigenvalue weighted by atomic mass is 9.79. The molecule has 0 saturated heterocycles. The topological polar surface area (TPSA) is 22.1 Å². The number of aromatic nitrogens is 1. The third-order valence-electron chi connectivity index (χ3n) is 6.07. The number of benzene rings is 1. The predicted octanol–water partition coefficient (Wildman–Crippen LogP) is 7.42. The van der Waals surface area contributed by atoms with Crippen molar-refractivity contribution in [2.45, 2.75) is 77.0 Å². The molecular weight excluding hydrogens is 392 g/mol. The van der Waals surface area contributed by atoms with Crippen molar-refractivity contribution in [1.29, 1.82) is 0 Å². The minimum atomic E-state index is -0.833. The molecular formula is C27H33F2NO. The van der Waals surface area contributed by atoms with Gasteiger partial charge in [-0.15, -0.1) is 0 Å². The standard InChI is InChI=1S/C27H33F2NO/c1-2-3-4-5-6-7-20-31-25-17-14-23(15-18-25)22-11-8-21(9-12-22)10-13-24-16-19-26(28)30-27(24)29/h14-19,21-22H,2-9,11-12,20H2,1H3/t21-,22-. The molecule has 31 heavy (non-hydrogen) atoms. The lowest BCUT2D eigenvalue weighted by Gasteiger charge is -2.26. The zero-order valence-electron chi connectivity index (χ0n) is 18.5. The first-order valence-corrected chi connectivity index (χ1v) is 11.7. The van der Waals surface area contributed by atoms with Crippen molar-refractivity contribution in [3.63, 3.8) is 0 Å². The molecule has 166 valence electrons. The molecule has 0 N–H and O–H groups in total. The van der Waals surface area contributed by atoms with Gasteiger partial charge in [0.15, 0.2) is 0 Å². The molecule has 0 bridgehead atoms. The summed E-state index contributed by atoms with van der Waals surface area (Å²) < 4.78 is 32.4. The summed E-state index contributed by atoms with van der Waals surface area (Å²) in [5, 5.41) is 0. The minimum absolute atomic E-state index is 0.167. The summed E-state index contributed by atoms with van der Waals surface area (Å²) in [4.78, 5) is 3.19. The first-order valence-electron chi connectivity index (χ1n) is 11.7. The molecule has 1 aromatic carbocycles. The molecule has 0 spiro atoms. The Morgan fingerprint density at radius 3 is 2.32 bits per heavy atom. The first-order chi connectivity index (χ1) is 15.2. The average molecular weight is 426 g/mol. The Hall–Kier alpha value is -2.41. The molecule has 1 aromatic heterocycles. The van der Waals surface area contributed by atoms with Gasteiger partial charge in [0, 0.05) is 5.92 Å². The Bertz CT molecular complexity index is 861. The van der Waals surface area contributed by atoms with Crippen LogP contribution in [-0.2, 0) is 0 Å². The van der Waals surface area contributed by atoms with Crippen LogP contribution in [0.1, 0.15) is 88.2 Å². The molecule has 4 heteroatoms. The summed E-state index contributed by atoms with van der Waals surface area (Å²) in [7, 11) is 0. The smallest absolute Gasteiger partial charge is 0.231 e. The van der Waals surface area contributed by atoms with Gasteiger partial charge in [-0.3, -0.25) is 0 Å². The van der Waals surface area contributed by atoms with Crippen molar-refractivity contribution in [3.8, 4) is 17.6 Å². The van der Waals surface area contributed by atoms with Crippen LogP contribution in [0.5, 0.6) is 5.75 Å². The highest BCUT2D eigenvalue weighted by molar-refractivity contribution is 5.34. The van der Waals surface area contributed by atoms with Crippen molar-refractivity contribution in [2.24, 2.45) is 5.92 Å². The number of rotatable bonds is 9. The fraction of sp³-hybridized carbons (Fsp3) is 0.519. The SMILES string of the molecule is CCCCCCCCOc1ccc([C@H]2CC[C@H](C#Cc3ccc(F)nc3F)CC2)cc1. The van der Waals surface area contributed by atoms with Crippen LogP contribution in [0, 0.1) is 29.7 Å². The van der Waals surface area contributed by atoms with Crippen molar-refractivity contribution in [1.82, 2.24) is 4.98 Å². The molecule has 1 saturated carbocycles. The lowest BCUT2D eigenvalue weighted by molar-refractivity contribution is 0.304. The van der Waals surface area contributed by atoms with Crippen LogP contribution in [0.2, 0.25) is 0 Å². The monoisotopic (exact) mass is 425 g/mol. The fourth-order valence-corrected chi connectivity index (χ4v) is 4.16. The van der Waals surface area contributed by atoms with E-state index in [-0.39, 0.29) is 11.5 Å². The highest BCUT2D eigenvalue weighted by Gasteiger charge is 2.21. The third-order valence-corrected chi connectivity index (χ3v) is 6.07. The van der Waals surface area contributed by atoms with Crippen LogP contribution >= 0.6 is 0 Å². The summed E-state index contributed by atoms with van der Waals surface area (Å²) in [6, 6.07) is 11.0. The van der Waals surface area contributed by atoms with Crippen LogP contribution in [0.3, 0.4) is 0 Å². The van der Waals surface area contributed by atoms with E-state index in [1.54, 1.807) is 0 Å². The van der Waals surface area contributed by atoms with Crippen LogP contribution in [0.4, 0.5) is 8.78 Å². The quantitative estimate of drug-likeness (QED) is 0.237. The van der Waals surface area contributed by atoms with E-state index in [4.69, 9.17) is 4.74 Å². The average Bonchev–Trinajstić information content (AvgIpc) is 2.79. The van der Waals surface area contributed by atoms with Crippen molar-refractivity contribution < 1.29 is 13.5 Å². The van der Waals surface area contributed by atoms with Crippen LogP contribution in [0.25, 0.3) is 0 Å². The van der Waals surface area contributed by atoms with Gasteiger partial charge in [0.25, 0.3) is 0 Å². The van der Waals surface area contributed by atoms with Gasteiger partial charge in [-0.2, -0.15) is 13.8 Å². The Morgan fingerprint density at radius 2 is 1.61 bits per heavy atom. The van der Waals surface area contributed by atoms with Crippen LogP contribution < -0.4 is 4.74 Å². The largest absolute Gasteiger partial charge is 0.494 e. The molecule has 0 atom stereocenters. The number of halogens is 2. The second-order valence-electron chi connectivity index (χ2n) is 8.48. The number of hydrogen-bond donors (Lipinski definition) is 0. The van der Waals surface area contributed by atoms with Gasteiger partial charge < -0.3 is 4.74 Å². The van der Waals surface area contributed by atoms with E-state index in [1.165, 1.54) is 43.7 Å².